The number of hydrogen-bond donors (Lipinski definition) is 1. The van der Waals surface area contributed by atoms with E-state index < -0.39 is 0 Å². The molecule has 0 radical (unpaired) electrons. The first-order valence-electron chi connectivity index (χ1n) is 8.65. The first-order valence-corrected chi connectivity index (χ1v) is 9.85. The van der Waals surface area contributed by atoms with Crippen LogP contribution in [0, 0.1) is 25.6 Å². The quantitative estimate of drug-likeness (QED) is 0.516. The van der Waals surface area contributed by atoms with Gasteiger partial charge in [0.1, 0.15) is 12.3 Å². The Bertz CT molecular complexity index is 1070. The van der Waals surface area contributed by atoms with Crippen molar-refractivity contribution in [2.75, 3.05) is 5.32 Å². The van der Waals surface area contributed by atoms with Gasteiger partial charge in [-0.2, -0.15) is 0 Å². The van der Waals surface area contributed by atoms with Gasteiger partial charge in [-0.25, -0.2) is 4.68 Å². The van der Waals surface area contributed by atoms with Gasteiger partial charge in [-0.3, -0.25) is 4.79 Å². The monoisotopic (exact) mass is 461 g/mol. The lowest BCUT2D eigenvalue weighted by molar-refractivity contribution is -0.117. The summed E-state index contributed by atoms with van der Waals surface area (Å²) >= 11 is 8.63. The molecule has 0 aliphatic heterocycles. The Labute approximate surface area is 176 Å². The van der Waals surface area contributed by atoms with Crippen molar-refractivity contribution in [3.05, 3.63) is 68.3 Å². The minimum absolute atomic E-state index is 0.0495. The third-order valence-corrected chi connectivity index (χ3v) is 5.19. The number of hydrogen-bond acceptors (Lipinski definition) is 5. The number of ether oxygens (including phenoxy) is 1. The molecule has 1 heterocycles. The van der Waals surface area contributed by atoms with Gasteiger partial charge in [-0.15, -0.1) is 5.10 Å². The maximum atomic E-state index is 12.4. The summed E-state index contributed by atoms with van der Waals surface area (Å²) in [6.45, 7) is 6.05. The van der Waals surface area contributed by atoms with Crippen LogP contribution in [0.5, 0.6) is 5.75 Å². The van der Waals surface area contributed by atoms with E-state index in [1.807, 2.05) is 57.2 Å². The highest BCUT2D eigenvalue weighted by molar-refractivity contribution is 9.10. The number of amides is 1. The average molecular weight is 462 g/mol. The minimum Gasteiger partial charge on any atom is -0.484 e. The van der Waals surface area contributed by atoms with Crippen molar-refractivity contribution in [2.45, 2.75) is 33.9 Å². The van der Waals surface area contributed by atoms with Crippen LogP contribution in [0.3, 0.4) is 0 Å². The van der Waals surface area contributed by atoms with E-state index in [1.54, 1.807) is 0 Å². The van der Waals surface area contributed by atoms with Gasteiger partial charge in [-0.05, 0) is 83.8 Å². The number of para-hydroxylation sites is 1. The highest BCUT2D eigenvalue weighted by Crippen LogP contribution is 2.26. The number of carbonyl (C=O) groups is 1. The lowest BCUT2D eigenvalue weighted by Gasteiger charge is -2.10. The third kappa shape index (κ3) is 4.88. The smallest absolute Gasteiger partial charge is 0.287 e. The molecule has 0 saturated heterocycles. The van der Waals surface area contributed by atoms with Crippen LogP contribution in [0.4, 0.5) is 5.69 Å². The molecule has 3 aromatic rings. The van der Waals surface area contributed by atoms with Crippen LogP contribution in [0.15, 0.2) is 45.3 Å². The molecule has 2 aromatic carbocycles. The summed E-state index contributed by atoms with van der Waals surface area (Å²) in [6.07, 6.45) is 0. The van der Waals surface area contributed by atoms with Crippen LogP contribution < -0.4 is 10.1 Å². The second-order valence-corrected chi connectivity index (χ2v) is 7.64. The molecule has 0 spiro atoms. The number of aryl methyl sites for hydroxylation is 3. The summed E-state index contributed by atoms with van der Waals surface area (Å²) < 4.78 is 13.3. The molecule has 0 unspecified atom stereocenters. The predicted molar refractivity (Wildman–Crippen MR) is 113 cm³/mol. The lowest BCUT2D eigenvalue weighted by atomic mass is 10.1. The number of nitrogens with zero attached hydrogens (tertiary/aromatic N) is 2. The second kappa shape index (κ2) is 8.70. The highest BCUT2D eigenvalue weighted by Gasteiger charge is 2.13. The molecule has 1 amide bonds. The van der Waals surface area contributed by atoms with Crippen molar-refractivity contribution >= 4 is 39.7 Å². The zero-order chi connectivity index (χ0) is 20.3. The Kier molecular flexibility index (Phi) is 6.31. The molecule has 0 aliphatic carbocycles. The molecular weight excluding hydrogens is 442 g/mol. The summed E-state index contributed by atoms with van der Waals surface area (Å²) in [4.78, 5) is 12.5. The van der Waals surface area contributed by atoms with Crippen molar-refractivity contribution in [3.63, 3.8) is 0 Å². The molecule has 0 bridgehead atoms. The number of benzene rings is 2. The van der Waals surface area contributed by atoms with Crippen molar-refractivity contribution in [2.24, 2.45) is 0 Å². The Hall–Kier alpha value is -2.45. The van der Waals surface area contributed by atoms with E-state index in [1.165, 1.54) is 4.68 Å². The van der Waals surface area contributed by atoms with Crippen molar-refractivity contribution in [1.29, 1.82) is 0 Å². The number of carbonyl (C=O) groups excluding carboxylic acids is 1. The molecule has 0 aliphatic rings. The summed E-state index contributed by atoms with van der Waals surface area (Å²) in [5.74, 6) is 0.809. The van der Waals surface area contributed by atoms with E-state index in [0.717, 1.165) is 26.9 Å². The van der Waals surface area contributed by atoms with Crippen LogP contribution in [-0.2, 0) is 17.9 Å². The number of rotatable bonds is 6. The topological polar surface area (TPSA) is 69.3 Å². The molecule has 8 heteroatoms. The maximum Gasteiger partial charge on any atom is 0.287 e. The molecule has 3 rings (SSSR count). The number of nitrogens with one attached hydrogen (secondary N) is 1. The summed E-state index contributed by atoms with van der Waals surface area (Å²) in [5.41, 5.74) is 3.94. The van der Waals surface area contributed by atoms with Crippen LogP contribution >= 0.6 is 28.1 Å². The molecule has 6 nitrogen and oxygen atoms in total. The number of aromatic nitrogens is 2. The molecule has 1 aromatic heterocycles. The van der Waals surface area contributed by atoms with Gasteiger partial charge in [0.05, 0.1) is 5.69 Å². The Morgan fingerprint density at radius 3 is 2.68 bits per heavy atom. The minimum atomic E-state index is -0.250. The summed E-state index contributed by atoms with van der Waals surface area (Å²) in [6, 6.07) is 11.5. The van der Waals surface area contributed by atoms with E-state index in [-0.39, 0.29) is 23.9 Å². The number of anilines is 1. The van der Waals surface area contributed by atoms with E-state index in [9.17, 15) is 4.79 Å². The van der Waals surface area contributed by atoms with Gasteiger partial charge >= 0.3 is 0 Å². The van der Waals surface area contributed by atoms with E-state index in [4.69, 9.17) is 21.4 Å². The average Bonchev–Trinajstić information content (AvgIpc) is 2.98. The van der Waals surface area contributed by atoms with Crippen LogP contribution in [0.2, 0.25) is 0 Å². The van der Waals surface area contributed by atoms with Gasteiger partial charge in [0.25, 0.3) is 10.7 Å². The number of halogens is 1. The molecule has 28 heavy (non-hydrogen) atoms. The fourth-order valence-electron chi connectivity index (χ4n) is 2.57. The van der Waals surface area contributed by atoms with Crippen molar-refractivity contribution in [3.8, 4) is 5.75 Å². The van der Waals surface area contributed by atoms with Gasteiger partial charge in [-0.1, -0.05) is 18.2 Å². The molecular formula is C20H20BrN3O3S. The summed E-state index contributed by atoms with van der Waals surface area (Å²) in [7, 11) is 0. The van der Waals surface area contributed by atoms with Crippen molar-refractivity contribution < 1.29 is 13.9 Å². The Balaban J connectivity index is 1.65. The van der Waals surface area contributed by atoms with Gasteiger partial charge < -0.3 is 14.5 Å². The fourth-order valence-corrected chi connectivity index (χ4v) is 3.33. The van der Waals surface area contributed by atoms with E-state index in [2.05, 4.69) is 26.3 Å². The van der Waals surface area contributed by atoms with Crippen molar-refractivity contribution in [1.82, 2.24) is 9.78 Å². The maximum absolute atomic E-state index is 12.4. The largest absolute Gasteiger partial charge is 0.484 e. The van der Waals surface area contributed by atoms with E-state index in [0.29, 0.717) is 11.6 Å². The second-order valence-electron chi connectivity index (χ2n) is 6.44. The zero-order valence-corrected chi connectivity index (χ0v) is 18.2. The Morgan fingerprint density at radius 1 is 1.21 bits per heavy atom. The standard InChI is InChI=1S/C20H20BrN3O3S/c1-12-6-4-5-7-17(12)26-11-19-23-24(20(28)27-19)10-18(25)22-16-9-14(3)13(2)8-15(16)21/h4-9H,10-11H2,1-3H3,(H,22,25). The zero-order valence-electron chi connectivity index (χ0n) is 15.8. The molecule has 0 atom stereocenters. The van der Waals surface area contributed by atoms with Crippen LogP contribution in [-0.4, -0.2) is 15.7 Å². The predicted octanol–water partition coefficient (Wildman–Crippen LogP) is 5.11. The van der Waals surface area contributed by atoms with Gasteiger partial charge in [0.15, 0.2) is 6.61 Å². The third-order valence-electron chi connectivity index (χ3n) is 4.24. The molecule has 0 saturated carbocycles. The normalized spacial score (nSPS) is 10.7. The molecule has 146 valence electrons. The van der Waals surface area contributed by atoms with Crippen LogP contribution in [0.25, 0.3) is 0 Å². The fraction of sp³-hybridized carbons (Fsp3) is 0.250. The Morgan fingerprint density at radius 2 is 1.93 bits per heavy atom. The van der Waals surface area contributed by atoms with Gasteiger partial charge in [0, 0.05) is 4.47 Å². The lowest BCUT2D eigenvalue weighted by Crippen LogP contribution is -2.20. The molecule has 1 N–H and O–H groups in total. The summed E-state index contributed by atoms with van der Waals surface area (Å²) in [5, 5.41) is 7.10. The van der Waals surface area contributed by atoms with E-state index >= 15 is 0 Å². The first kappa shape index (κ1) is 20.3. The molecule has 0 fully saturated rings. The highest BCUT2D eigenvalue weighted by atomic mass is 79.9. The van der Waals surface area contributed by atoms with Gasteiger partial charge in [0.2, 0.25) is 5.91 Å². The van der Waals surface area contributed by atoms with Crippen LogP contribution in [0.1, 0.15) is 22.6 Å². The first-order chi connectivity index (χ1) is 13.3. The SMILES string of the molecule is Cc1cc(Br)c(NC(=O)Cn2nc(COc3ccccc3C)oc2=S)cc1C.